The number of ether oxygens (including phenoxy) is 1. The fourth-order valence-corrected chi connectivity index (χ4v) is 2.25. The number of aryl methyl sites for hydroxylation is 1. The predicted octanol–water partition coefficient (Wildman–Crippen LogP) is 0.820. The van der Waals surface area contributed by atoms with Gasteiger partial charge in [0.2, 0.25) is 5.91 Å². The van der Waals surface area contributed by atoms with Crippen LogP contribution in [0.1, 0.15) is 18.4 Å². The average molecular weight is 319 g/mol. The molecule has 1 atom stereocenters. The van der Waals surface area contributed by atoms with Crippen molar-refractivity contribution in [2.45, 2.75) is 25.8 Å². The van der Waals surface area contributed by atoms with Gasteiger partial charge in [-0.3, -0.25) is 14.9 Å². The van der Waals surface area contributed by atoms with E-state index in [0.29, 0.717) is 19.6 Å². The zero-order valence-corrected chi connectivity index (χ0v) is 13.3. The molecule has 4 amide bonds. The minimum Gasteiger partial charge on any atom is -0.492 e. The molecule has 0 spiro atoms. The molecule has 0 bridgehead atoms. The summed E-state index contributed by atoms with van der Waals surface area (Å²) in [7, 11) is 1.69. The molecule has 1 heterocycles. The van der Waals surface area contributed by atoms with Gasteiger partial charge in [-0.15, -0.1) is 0 Å². The molecule has 2 rings (SSSR count). The van der Waals surface area contributed by atoms with Crippen molar-refractivity contribution in [2.75, 3.05) is 20.2 Å². The summed E-state index contributed by atoms with van der Waals surface area (Å²) >= 11 is 0. The van der Waals surface area contributed by atoms with Crippen molar-refractivity contribution in [3.63, 3.8) is 0 Å². The van der Waals surface area contributed by atoms with Crippen LogP contribution in [0.3, 0.4) is 0 Å². The van der Waals surface area contributed by atoms with Crippen LogP contribution in [-0.2, 0) is 9.59 Å². The third-order valence-electron chi connectivity index (χ3n) is 3.62. The van der Waals surface area contributed by atoms with Crippen molar-refractivity contribution in [1.82, 2.24) is 15.5 Å². The van der Waals surface area contributed by atoms with Crippen molar-refractivity contribution < 1.29 is 19.1 Å². The SMILES string of the molecule is Cc1cccc(OCCN(C)C(=O)CCC2NC(=O)NC2=O)c1. The molecule has 0 saturated carbocycles. The van der Waals surface area contributed by atoms with Crippen molar-refractivity contribution in [1.29, 1.82) is 0 Å². The summed E-state index contributed by atoms with van der Waals surface area (Å²) in [6.45, 7) is 2.84. The first-order chi connectivity index (χ1) is 11.0. The van der Waals surface area contributed by atoms with Crippen LogP contribution in [0.4, 0.5) is 4.79 Å². The van der Waals surface area contributed by atoms with E-state index in [2.05, 4.69) is 10.6 Å². The number of rotatable bonds is 7. The molecule has 1 aliphatic heterocycles. The Hall–Kier alpha value is -2.57. The number of nitrogens with zero attached hydrogens (tertiary/aromatic N) is 1. The van der Waals surface area contributed by atoms with Gasteiger partial charge in [0.25, 0.3) is 5.91 Å². The van der Waals surface area contributed by atoms with Gasteiger partial charge in [-0.2, -0.15) is 0 Å². The maximum absolute atomic E-state index is 12.0. The summed E-state index contributed by atoms with van der Waals surface area (Å²) < 4.78 is 5.60. The highest BCUT2D eigenvalue weighted by atomic mass is 16.5. The van der Waals surface area contributed by atoms with Gasteiger partial charge < -0.3 is 15.0 Å². The Bertz CT molecular complexity index is 603. The van der Waals surface area contributed by atoms with Gasteiger partial charge in [-0.1, -0.05) is 12.1 Å². The normalized spacial score (nSPS) is 16.7. The maximum atomic E-state index is 12.0. The molecule has 7 heteroatoms. The van der Waals surface area contributed by atoms with Gasteiger partial charge >= 0.3 is 6.03 Å². The monoisotopic (exact) mass is 319 g/mol. The quantitative estimate of drug-likeness (QED) is 0.728. The van der Waals surface area contributed by atoms with E-state index in [0.717, 1.165) is 11.3 Å². The number of hydrogen-bond donors (Lipinski definition) is 2. The Labute approximate surface area is 135 Å². The number of amides is 4. The molecule has 0 aliphatic carbocycles. The molecule has 1 unspecified atom stereocenters. The number of hydrogen-bond acceptors (Lipinski definition) is 4. The van der Waals surface area contributed by atoms with Gasteiger partial charge in [-0.25, -0.2) is 4.79 Å². The van der Waals surface area contributed by atoms with Gasteiger partial charge in [0.1, 0.15) is 18.4 Å². The topological polar surface area (TPSA) is 87.7 Å². The van der Waals surface area contributed by atoms with Gasteiger partial charge in [0, 0.05) is 13.5 Å². The summed E-state index contributed by atoms with van der Waals surface area (Å²) in [5.74, 6) is 0.302. The van der Waals surface area contributed by atoms with E-state index in [-0.39, 0.29) is 18.2 Å². The Balaban J connectivity index is 1.68. The number of likely N-dealkylation sites (N-methyl/N-ethyl adjacent to an activating group) is 1. The van der Waals surface area contributed by atoms with E-state index in [9.17, 15) is 14.4 Å². The van der Waals surface area contributed by atoms with Crippen LogP contribution >= 0.6 is 0 Å². The molecule has 1 aromatic carbocycles. The van der Waals surface area contributed by atoms with Gasteiger partial charge in [-0.05, 0) is 31.0 Å². The second-order valence-corrected chi connectivity index (χ2v) is 5.53. The number of carbonyl (C=O) groups is 3. The van der Waals surface area contributed by atoms with Crippen molar-refractivity contribution in [2.24, 2.45) is 0 Å². The maximum Gasteiger partial charge on any atom is 0.322 e. The van der Waals surface area contributed by atoms with Crippen LogP contribution in [0.2, 0.25) is 0 Å². The van der Waals surface area contributed by atoms with Crippen molar-refractivity contribution in [3.05, 3.63) is 29.8 Å². The molecule has 124 valence electrons. The second kappa shape index (κ2) is 7.62. The summed E-state index contributed by atoms with van der Waals surface area (Å²) in [5, 5.41) is 4.62. The Morgan fingerprint density at radius 3 is 2.78 bits per heavy atom. The summed E-state index contributed by atoms with van der Waals surface area (Å²) in [4.78, 5) is 35.9. The first kappa shape index (κ1) is 16.8. The lowest BCUT2D eigenvalue weighted by Gasteiger charge is -2.18. The van der Waals surface area contributed by atoms with Gasteiger partial charge in [0.15, 0.2) is 0 Å². The molecule has 1 saturated heterocycles. The summed E-state index contributed by atoms with van der Waals surface area (Å²) in [6.07, 6.45) is 0.485. The van der Waals surface area contributed by atoms with E-state index < -0.39 is 12.1 Å². The van der Waals surface area contributed by atoms with E-state index in [1.807, 2.05) is 31.2 Å². The van der Waals surface area contributed by atoms with E-state index in [1.54, 1.807) is 11.9 Å². The van der Waals surface area contributed by atoms with Crippen LogP contribution in [0, 0.1) is 6.92 Å². The number of urea groups is 1. The van der Waals surface area contributed by atoms with Crippen molar-refractivity contribution in [3.8, 4) is 5.75 Å². The van der Waals surface area contributed by atoms with Crippen LogP contribution < -0.4 is 15.4 Å². The summed E-state index contributed by atoms with van der Waals surface area (Å²) in [6, 6.07) is 6.58. The largest absolute Gasteiger partial charge is 0.492 e. The number of nitrogens with one attached hydrogen (secondary N) is 2. The number of imide groups is 1. The van der Waals surface area contributed by atoms with Crippen LogP contribution in [0.25, 0.3) is 0 Å². The smallest absolute Gasteiger partial charge is 0.322 e. The van der Waals surface area contributed by atoms with Crippen LogP contribution in [0.15, 0.2) is 24.3 Å². The lowest BCUT2D eigenvalue weighted by Crippen LogP contribution is -2.34. The zero-order chi connectivity index (χ0) is 16.8. The molecule has 0 radical (unpaired) electrons. The first-order valence-corrected chi connectivity index (χ1v) is 7.50. The molecule has 0 aromatic heterocycles. The van der Waals surface area contributed by atoms with Crippen LogP contribution in [0.5, 0.6) is 5.75 Å². The Morgan fingerprint density at radius 2 is 2.13 bits per heavy atom. The molecule has 2 N–H and O–H groups in total. The fraction of sp³-hybridized carbons (Fsp3) is 0.438. The van der Waals surface area contributed by atoms with Gasteiger partial charge in [0.05, 0.1) is 6.54 Å². The minimum absolute atomic E-state index is 0.0909. The predicted molar refractivity (Wildman–Crippen MR) is 84.0 cm³/mol. The standard InChI is InChI=1S/C16H21N3O4/c1-11-4-3-5-12(10-11)23-9-8-19(2)14(20)7-6-13-15(21)18-16(22)17-13/h3-5,10,13H,6-9H2,1-2H3,(H2,17,18,21,22). The molecule has 1 fully saturated rings. The average Bonchev–Trinajstić information content (AvgIpc) is 2.82. The summed E-state index contributed by atoms with van der Waals surface area (Å²) in [5.41, 5.74) is 1.11. The third-order valence-corrected chi connectivity index (χ3v) is 3.62. The second-order valence-electron chi connectivity index (χ2n) is 5.53. The highest BCUT2D eigenvalue weighted by Crippen LogP contribution is 2.12. The molecule has 1 aromatic rings. The highest BCUT2D eigenvalue weighted by Gasteiger charge is 2.29. The van der Waals surface area contributed by atoms with Crippen LogP contribution in [-0.4, -0.2) is 49.0 Å². The fourth-order valence-electron chi connectivity index (χ4n) is 2.25. The Kier molecular flexibility index (Phi) is 5.56. The van der Waals surface area contributed by atoms with E-state index in [4.69, 9.17) is 4.74 Å². The van der Waals surface area contributed by atoms with E-state index in [1.165, 1.54) is 0 Å². The molecule has 1 aliphatic rings. The van der Waals surface area contributed by atoms with E-state index >= 15 is 0 Å². The first-order valence-electron chi connectivity index (χ1n) is 7.50. The minimum atomic E-state index is -0.622. The Morgan fingerprint density at radius 1 is 1.35 bits per heavy atom. The molecular formula is C16H21N3O4. The molecule has 23 heavy (non-hydrogen) atoms. The molecular weight excluding hydrogens is 298 g/mol. The van der Waals surface area contributed by atoms with Crippen molar-refractivity contribution >= 4 is 17.8 Å². The lowest BCUT2D eigenvalue weighted by atomic mass is 10.1. The number of carbonyl (C=O) groups excluding carboxylic acids is 3. The zero-order valence-electron chi connectivity index (χ0n) is 13.3. The highest BCUT2D eigenvalue weighted by molar-refractivity contribution is 6.04. The molecule has 7 nitrogen and oxygen atoms in total. The lowest BCUT2D eigenvalue weighted by molar-refractivity contribution is -0.130. The number of benzene rings is 1. The third kappa shape index (κ3) is 4.98.